The molecule has 1 aliphatic heterocycles. The molecular weight excluding hydrogens is 281 g/mol. The van der Waals surface area contributed by atoms with Gasteiger partial charge in [-0.3, -0.25) is 0 Å². The van der Waals surface area contributed by atoms with Crippen LogP contribution in [0, 0.1) is 5.82 Å². The molecule has 2 atom stereocenters. The van der Waals surface area contributed by atoms with Gasteiger partial charge in [0, 0.05) is 18.0 Å². The minimum Gasteiger partial charge on any atom is -0.506 e. The SMILES string of the molecule is N[C@H]1CC(c2ccc(O)c(Cl)c2)Oc2ccc(F)cc21. The minimum atomic E-state index is -0.325. The van der Waals surface area contributed by atoms with Crippen molar-refractivity contribution in [3.05, 3.63) is 58.4 Å². The number of ether oxygens (including phenoxy) is 1. The molecule has 0 saturated heterocycles. The Morgan fingerprint density at radius 2 is 2.05 bits per heavy atom. The Kier molecular flexibility index (Phi) is 3.28. The predicted octanol–water partition coefficient (Wildman–Crippen LogP) is 3.71. The van der Waals surface area contributed by atoms with Crippen LogP contribution in [0.5, 0.6) is 11.5 Å². The van der Waals surface area contributed by atoms with Crippen LogP contribution in [0.2, 0.25) is 5.02 Å². The lowest BCUT2D eigenvalue weighted by molar-refractivity contribution is 0.161. The first-order valence-electron chi connectivity index (χ1n) is 6.24. The van der Waals surface area contributed by atoms with Crippen LogP contribution in [0.15, 0.2) is 36.4 Å². The van der Waals surface area contributed by atoms with Gasteiger partial charge in [-0.1, -0.05) is 17.7 Å². The molecule has 0 spiro atoms. The van der Waals surface area contributed by atoms with Crippen molar-refractivity contribution < 1.29 is 14.2 Å². The third-order valence-electron chi connectivity index (χ3n) is 3.45. The molecule has 3 nitrogen and oxygen atoms in total. The van der Waals surface area contributed by atoms with E-state index in [1.807, 2.05) is 0 Å². The second-order valence-electron chi connectivity index (χ2n) is 4.84. The lowest BCUT2D eigenvalue weighted by Crippen LogP contribution is -2.24. The molecule has 0 saturated carbocycles. The van der Waals surface area contributed by atoms with Gasteiger partial charge in [-0.05, 0) is 35.9 Å². The van der Waals surface area contributed by atoms with Crippen molar-refractivity contribution in [1.29, 1.82) is 0 Å². The molecule has 0 bridgehead atoms. The number of aromatic hydroxyl groups is 1. The molecular formula is C15H13ClFNO2. The summed E-state index contributed by atoms with van der Waals surface area (Å²) in [6, 6.07) is 8.95. The van der Waals surface area contributed by atoms with Crippen LogP contribution in [0.3, 0.4) is 0 Å². The molecule has 1 aliphatic rings. The Balaban J connectivity index is 1.94. The number of phenols is 1. The minimum absolute atomic E-state index is 0.0259. The van der Waals surface area contributed by atoms with Gasteiger partial charge in [-0.25, -0.2) is 4.39 Å². The van der Waals surface area contributed by atoms with E-state index in [1.54, 1.807) is 18.2 Å². The fourth-order valence-corrected chi connectivity index (χ4v) is 2.59. The zero-order valence-electron chi connectivity index (χ0n) is 10.5. The molecule has 3 rings (SSSR count). The summed E-state index contributed by atoms with van der Waals surface area (Å²) in [4.78, 5) is 0. The van der Waals surface area contributed by atoms with Crippen LogP contribution in [0.1, 0.15) is 29.7 Å². The standard InChI is InChI=1S/C15H13ClFNO2/c16-11-5-8(1-3-13(11)19)15-7-12(18)10-6-9(17)2-4-14(10)20-15/h1-6,12,15,19H,7,18H2/t12-,15?/m0/s1. The van der Waals surface area contributed by atoms with E-state index >= 15 is 0 Å². The number of fused-ring (bicyclic) bond motifs is 1. The molecule has 104 valence electrons. The van der Waals surface area contributed by atoms with Crippen molar-refractivity contribution in [1.82, 2.24) is 0 Å². The maximum absolute atomic E-state index is 13.2. The van der Waals surface area contributed by atoms with E-state index in [4.69, 9.17) is 22.1 Å². The average Bonchev–Trinajstić information content (AvgIpc) is 2.42. The number of halogens is 2. The van der Waals surface area contributed by atoms with Gasteiger partial charge in [0.15, 0.2) is 0 Å². The Hall–Kier alpha value is -1.78. The summed E-state index contributed by atoms with van der Waals surface area (Å²) in [6.45, 7) is 0. The van der Waals surface area contributed by atoms with Crippen LogP contribution in [-0.2, 0) is 0 Å². The molecule has 0 radical (unpaired) electrons. The topological polar surface area (TPSA) is 55.5 Å². The predicted molar refractivity (Wildman–Crippen MR) is 74.4 cm³/mol. The van der Waals surface area contributed by atoms with E-state index in [-0.39, 0.29) is 28.7 Å². The van der Waals surface area contributed by atoms with Gasteiger partial charge in [-0.2, -0.15) is 0 Å². The lowest BCUT2D eigenvalue weighted by atomic mass is 9.93. The van der Waals surface area contributed by atoms with Crippen molar-refractivity contribution in [3.63, 3.8) is 0 Å². The van der Waals surface area contributed by atoms with Gasteiger partial charge in [0.2, 0.25) is 0 Å². The van der Waals surface area contributed by atoms with Crippen LogP contribution in [-0.4, -0.2) is 5.11 Å². The normalized spacial score (nSPS) is 21.1. The summed E-state index contributed by atoms with van der Waals surface area (Å²) < 4.78 is 19.1. The molecule has 3 N–H and O–H groups in total. The summed E-state index contributed by atoms with van der Waals surface area (Å²) in [7, 11) is 0. The van der Waals surface area contributed by atoms with Crippen LogP contribution < -0.4 is 10.5 Å². The van der Waals surface area contributed by atoms with Gasteiger partial charge >= 0.3 is 0 Å². The molecule has 0 aromatic heterocycles. The van der Waals surface area contributed by atoms with Crippen molar-refractivity contribution in [3.8, 4) is 11.5 Å². The highest BCUT2D eigenvalue weighted by molar-refractivity contribution is 6.32. The number of benzene rings is 2. The molecule has 1 unspecified atom stereocenters. The number of phenolic OH excluding ortho intramolecular Hbond substituents is 1. The second kappa shape index (κ2) is 4.96. The number of nitrogens with two attached hydrogens (primary N) is 1. The highest BCUT2D eigenvalue weighted by Gasteiger charge is 2.27. The first kappa shape index (κ1) is 13.2. The number of hydrogen-bond donors (Lipinski definition) is 2. The summed E-state index contributed by atoms with van der Waals surface area (Å²) in [5, 5.41) is 9.71. The average molecular weight is 294 g/mol. The first-order chi connectivity index (χ1) is 9.54. The fourth-order valence-electron chi connectivity index (χ4n) is 2.40. The molecule has 1 heterocycles. The molecule has 0 aliphatic carbocycles. The second-order valence-corrected chi connectivity index (χ2v) is 5.25. The lowest BCUT2D eigenvalue weighted by Gasteiger charge is -2.30. The maximum atomic E-state index is 13.2. The zero-order valence-corrected chi connectivity index (χ0v) is 11.3. The smallest absolute Gasteiger partial charge is 0.134 e. The van der Waals surface area contributed by atoms with E-state index in [0.29, 0.717) is 17.7 Å². The van der Waals surface area contributed by atoms with Crippen LogP contribution >= 0.6 is 11.6 Å². The maximum Gasteiger partial charge on any atom is 0.134 e. The van der Waals surface area contributed by atoms with Crippen LogP contribution in [0.4, 0.5) is 4.39 Å². The number of rotatable bonds is 1. The van der Waals surface area contributed by atoms with E-state index in [9.17, 15) is 9.50 Å². The molecule has 20 heavy (non-hydrogen) atoms. The van der Waals surface area contributed by atoms with E-state index in [2.05, 4.69) is 0 Å². The van der Waals surface area contributed by atoms with Gasteiger partial charge < -0.3 is 15.6 Å². The van der Waals surface area contributed by atoms with E-state index < -0.39 is 0 Å². The molecule has 0 amide bonds. The number of hydrogen-bond acceptors (Lipinski definition) is 3. The van der Waals surface area contributed by atoms with Gasteiger partial charge in [0.05, 0.1) is 5.02 Å². The van der Waals surface area contributed by atoms with E-state index in [1.165, 1.54) is 18.2 Å². The van der Waals surface area contributed by atoms with Gasteiger partial charge in [-0.15, -0.1) is 0 Å². The molecule has 5 heteroatoms. The van der Waals surface area contributed by atoms with Crippen molar-refractivity contribution >= 4 is 11.6 Å². The van der Waals surface area contributed by atoms with Crippen LogP contribution in [0.25, 0.3) is 0 Å². The van der Waals surface area contributed by atoms with Gasteiger partial charge in [0.1, 0.15) is 23.4 Å². The Bertz CT molecular complexity index is 662. The molecule has 0 fully saturated rings. The quantitative estimate of drug-likeness (QED) is 0.843. The summed E-state index contributed by atoms with van der Waals surface area (Å²) >= 11 is 5.90. The van der Waals surface area contributed by atoms with Crippen molar-refractivity contribution in [2.45, 2.75) is 18.6 Å². The third kappa shape index (κ3) is 2.32. The largest absolute Gasteiger partial charge is 0.506 e. The Morgan fingerprint density at radius 3 is 2.80 bits per heavy atom. The Labute approximate surface area is 120 Å². The highest BCUT2D eigenvalue weighted by atomic mass is 35.5. The highest BCUT2D eigenvalue weighted by Crippen LogP contribution is 2.41. The monoisotopic (exact) mass is 293 g/mol. The van der Waals surface area contributed by atoms with Gasteiger partial charge in [0.25, 0.3) is 0 Å². The zero-order chi connectivity index (χ0) is 14.3. The summed E-state index contributed by atoms with van der Waals surface area (Å²) in [5.41, 5.74) is 7.59. The summed E-state index contributed by atoms with van der Waals surface area (Å²) in [5.74, 6) is 0.284. The first-order valence-corrected chi connectivity index (χ1v) is 6.62. The summed E-state index contributed by atoms with van der Waals surface area (Å²) in [6.07, 6.45) is 0.262. The molecule has 2 aromatic carbocycles. The third-order valence-corrected chi connectivity index (χ3v) is 3.75. The molecule has 2 aromatic rings. The fraction of sp³-hybridized carbons (Fsp3) is 0.200. The van der Waals surface area contributed by atoms with E-state index in [0.717, 1.165) is 5.56 Å². The van der Waals surface area contributed by atoms with Crippen molar-refractivity contribution in [2.24, 2.45) is 5.73 Å². The Morgan fingerprint density at radius 1 is 1.25 bits per heavy atom. The van der Waals surface area contributed by atoms with Crippen molar-refractivity contribution in [2.75, 3.05) is 0 Å².